The molecule has 0 bridgehead atoms. The van der Waals surface area contributed by atoms with Gasteiger partial charge in [0.25, 0.3) is 0 Å². The van der Waals surface area contributed by atoms with Crippen molar-refractivity contribution in [3.05, 3.63) is 39.4 Å². The fraction of sp³-hybridized carbons (Fsp3) is 0.429. The van der Waals surface area contributed by atoms with Crippen molar-refractivity contribution >= 4 is 41.3 Å². The lowest BCUT2D eigenvalue weighted by molar-refractivity contribution is 0.392. The van der Waals surface area contributed by atoms with Crippen molar-refractivity contribution in [2.24, 2.45) is 4.99 Å². The molecule has 0 fully saturated rings. The van der Waals surface area contributed by atoms with Gasteiger partial charge in [-0.25, -0.2) is 0 Å². The molecule has 0 aliphatic rings. The van der Waals surface area contributed by atoms with Crippen LogP contribution in [0.5, 0.6) is 0 Å². The van der Waals surface area contributed by atoms with Gasteiger partial charge < -0.3 is 15.2 Å². The number of aromatic nitrogens is 1. The van der Waals surface area contributed by atoms with Gasteiger partial charge in [0.1, 0.15) is 5.76 Å². The number of hydrogen-bond acceptors (Lipinski definition) is 4. The van der Waals surface area contributed by atoms with Crippen LogP contribution in [0.15, 0.2) is 27.0 Å². The fourth-order valence-electron chi connectivity index (χ4n) is 1.97. The molecule has 2 heterocycles. The van der Waals surface area contributed by atoms with Gasteiger partial charge in [-0.3, -0.25) is 4.99 Å². The molecule has 0 aliphatic carbocycles. The molecule has 2 N–H and O–H groups in total. The Labute approximate surface area is 146 Å². The summed E-state index contributed by atoms with van der Waals surface area (Å²) in [7, 11) is 1.78. The van der Waals surface area contributed by atoms with E-state index >= 15 is 0 Å². The smallest absolute Gasteiger partial charge is 0.191 e. The molecule has 7 heteroatoms. The van der Waals surface area contributed by atoms with Crippen LogP contribution in [0, 0.1) is 13.8 Å². The van der Waals surface area contributed by atoms with Crippen LogP contribution in [0.4, 0.5) is 0 Å². The summed E-state index contributed by atoms with van der Waals surface area (Å²) in [6.07, 6.45) is 0.876. The second-order valence-corrected chi connectivity index (χ2v) is 5.52. The molecule has 0 aliphatic heterocycles. The molecule has 0 amide bonds. The van der Waals surface area contributed by atoms with E-state index in [1.165, 1.54) is 10.4 Å². The Morgan fingerprint density at radius 2 is 2.19 bits per heavy atom. The maximum atomic E-state index is 5.15. The monoisotopic (exact) mass is 420 g/mol. The van der Waals surface area contributed by atoms with Crippen LogP contribution >= 0.6 is 35.3 Å². The maximum Gasteiger partial charge on any atom is 0.191 e. The number of aryl methyl sites for hydroxylation is 2. The Bertz CT molecular complexity index is 546. The summed E-state index contributed by atoms with van der Waals surface area (Å²) >= 11 is 1.74. The molecule has 0 atom stereocenters. The minimum absolute atomic E-state index is 0. The van der Waals surface area contributed by atoms with Gasteiger partial charge in [0.05, 0.1) is 12.2 Å². The number of thiophene rings is 1. The maximum absolute atomic E-state index is 5.15. The molecule has 5 nitrogen and oxygen atoms in total. The largest absolute Gasteiger partial charge is 0.361 e. The quantitative estimate of drug-likeness (QED) is 0.444. The van der Waals surface area contributed by atoms with Gasteiger partial charge in [-0.2, -0.15) is 0 Å². The number of rotatable bonds is 5. The number of aliphatic imine (C=N–C) groups is 1. The van der Waals surface area contributed by atoms with Crippen molar-refractivity contribution in [1.82, 2.24) is 15.8 Å². The number of nitrogens with one attached hydrogen (secondary N) is 2. The van der Waals surface area contributed by atoms with Gasteiger partial charge in [0.15, 0.2) is 5.96 Å². The molecule has 2 rings (SSSR count). The van der Waals surface area contributed by atoms with Gasteiger partial charge in [0.2, 0.25) is 0 Å². The van der Waals surface area contributed by atoms with Gasteiger partial charge in [0, 0.05) is 24.0 Å². The second kappa shape index (κ2) is 9.04. The standard InChI is InChI=1S/C14H20N4OS.HI/c1-10-13(11(2)19-18-10)6-7-16-14(15-3)17-9-12-5-4-8-20-12;/h4-5,8H,6-7,9H2,1-3H3,(H2,15,16,17);1H. The third-order valence-corrected chi connectivity index (χ3v) is 3.96. The minimum atomic E-state index is 0. The van der Waals surface area contributed by atoms with Crippen LogP contribution in [0.1, 0.15) is 21.9 Å². The Balaban J connectivity index is 0.00000220. The second-order valence-electron chi connectivity index (χ2n) is 4.48. The molecular formula is C14H21IN4OS. The van der Waals surface area contributed by atoms with Gasteiger partial charge in [-0.1, -0.05) is 11.2 Å². The lowest BCUT2D eigenvalue weighted by Crippen LogP contribution is -2.37. The highest BCUT2D eigenvalue weighted by Crippen LogP contribution is 2.12. The lowest BCUT2D eigenvalue weighted by atomic mass is 10.1. The predicted octanol–water partition coefficient (Wildman–Crippen LogP) is 2.88. The summed E-state index contributed by atoms with van der Waals surface area (Å²) in [6.45, 7) is 5.50. The molecular weight excluding hydrogens is 399 g/mol. The van der Waals surface area contributed by atoms with Crippen LogP contribution in [-0.4, -0.2) is 24.7 Å². The van der Waals surface area contributed by atoms with Crippen molar-refractivity contribution in [3.63, 3.8) is 0 Å². The molecule has 21 heavy (non-hydrogen) atoms. The third-order valence-electron chi connectivity index (χ3n) is 3.08. The van der Waals surface area contributed by atoms with Gasteiger partial charge in [-0.05, 0) is 31.7 Å². The first-order valence-electron chi connectivity index (χ1n) is 6.59. The van der Waals surface area contributed by atoms with E-state index in [0.717, 1.165) is 36.9 Å². The molecule has 2 aromatic rings. The average Bonchev–Trinajstić information content (AvgIpc) is 3.06. The molecule has 2 aromatic heterocycles. The van der Waals surface area contributed by atoms with E-state index < -0.39 is 0 Å². The van der Waals surface area contributed by atoms with Crippen molar-refractivity contribution in [3.8, 4) is 0 Å². The third kappa shape index (κ3) is 5.31. The van der Waals surface area contributed by atoms with Crippen LogP contribution in [-0.2, 0) is 13.0 Å². The molecule has 0 aromatic carbocycles. The fourth-order valence-corrected chi connectivity index (χ4v) is 2.61. The summed E-state index contributed by atoms with van der Waals surface area (Å²) < 4.78 is 5.15. The lowest BCUT2D eigenvalue weighted by Gasteiger charge is -2.11. The molecule has 0 saturated carbocycles. The zero-order chi connectivity index (χ0) is 14.4. The highest BCUT2D eigenvalue weighted by atomic mass is 127. The molecule has 0 unspecified atom stereocenters. The number of halogens is 1. The Morgan fingerprint density at radius 1 is 1.38 bits per heavy atom. The van der Waals surface area contributed by atoms with Crippen molar-refractivity contribution in [2.75, 3.05) is 13.6 Å². The highest BCUT2D eigenvalue weighted by Gasteiger charge is 2.08. The number of hydrogen-bond donors (Lipinski definition) is 2. The van der Waals surface area contributed by atoms with E-state index in [2.05, 4.69) is 38.3 Å². The number of nitrogens with zero attached hydrogens (tertiary/aromatic N) is 2. The average molecular weight is 420 g/mol. The van der Waals surface area contributed by atoms with E-state index in [1.807, 2.05) is 13.8 Å². The SMILES string of the molecule is CN=C(NCCc1c(C)noc1C)NCc1cccs1.I. The summed E-state index contributed by atoms with van der Waals surface area (Å²) in [6, 6.07) is 4.16. The van der Waals surface area contributed by atoms with Crippen molar-refractivity contribution in [1.29, 1.82) is 0 Å². The zero-order valence-corrected chi connectivity index (χ0v) is 15.6. The molecule has 0 spiro atoms. The first-order valence-corrected chi connectivity index (χ1v) is 7.47. The normalized spacial score (nSPS) is 11.1. The van der Waals surface area contributed by atoms with E-state index in [1.54, 1.807) is 18.4 Å². The Hall–Kier alpha value is -1.09. The highest BCUT2D eigenvalue weighted by molar-refractivity contribution is 14.0. The Kier molecular flexibility index (Phi) is 7.73. The Morgan fingerprint density at radius 3 is 2.76 bits per heavy atom. The molecule has 0 radical (unpaired) electrons. The molecule has 0 saturated heterocycles. The van der Waals surface area contributed by atoms with E-state index in [-0.39, 0.29) is 24.0 Å². The van der Waals surface area contributed by atoms with E-state index in [0.29, 0.717) is 0 Å². The van der Waals surface area contributed by atoms with Crippen molar-refractivity contribution < 1.29 is 4.52 Å². The summed E-state index contributed by atoms with van der Waals surface area (Å²) in [5.41, 5.74) is 2.14. The van der Waals surface area contributed by atoms with Gasteiger partial charge >= 0.3 is 0 Å². The minimum Gasteiger partial charge on any atom is -0.361 e. The summed E-state index contributed by atoms with van der Waals surface area (Å²) in [4.78, 5) is 5.50. The van der Waals surface area contributed by atoms with Crippen molar-refractivity contribution in [2.45, 2.75) is 26.8 Å². The summed E-state index contributed by atoms with van der Waals surface area (Å²) in [5, 5.41) is 12.6. The zero-order valence-electron chi connectivity index (χ0n) is 12.5. The van der Waals surface area contributed by atoms with Crippen LogP contribution in [0.2, 0.25) is 0 Å². The topological polar surface area (TPSA) is 62.5 Å². The van der Waals surface area contributed by atoms with E-state index in [4.69, 9.17) is 4.52 Å². The number of guanidine groups is 1. The predicted molar refractivity (Wildman–Crippen MR) is 97.6 cm³/mol. The first-order chi connectivity index (χ1) is 9.70. The van der Waals surface area contributed by atoms with Gasteiger partial charge in [-0.15, -0.1) is 35.3 Å². The van der Waals surface area contributed by atoms with E-state index in [9.17, 15) is 0 Å². The van der Waals surface area contributed by atoms with Crippen LogP contribution < -0.4 is 10.6 Å². The molecule has 116 valence electrons. The first kappa shape index (κ1) is 18.0. The van der Waals surface area contributed by atoms with Crippen LogP contribution in [0.25, 0.3) is 0 Å². The summed E-state index contributed by atoms with van der Waals surface area (Å²) in [5.74, 6) is 1.70. The van der Waals surface area contributed by atoms with Crippen LogP contribution in [0.3, 0.4) is 0 Å².